The summed E-state index contributed by atoms with van der Waals surface area (Å²) in [5.74, 6) is 1.49. The topological polar surface area (TPSA) is 21.6 Å². The number of hydrogen-bond acceptors (Lipinski definition) is 2. The van der Waals surface area contributed by atoms with E-state index in [0.717, 1.165) is 17.9 Å². The predicted octanol–water partition coefficient (Wildman–Crippen LogP) is 8.07. The van der Waals surface area contributed by atoms with Gasteiger partial charge in [-0.1, -0.05) is 88.3 Å². The lowest BCUT2D eigenvalue weighted by atomic mass is 9.81. The Morgan fingerprint density at radius 3 is 2.53 bits per heavy atom. The van der Waals surface area contributed by atoms with Crippen LogP contribution in [0.2, 0.25) is 0 Å². The molecule has 30 heavy (non-hydrogen) atoms. The molecule has 1 aliphatic heterocycles. The van der Waals surface area contributed by atoms with Crippen molar-refractivity contribution < 1.29 is 4.74 Å². The molecule has 1 aromatic carbocycles. The molecule has 1 aromatic rings. The van der Waals surface area contributed by atoms with E-state index < -0.39 is 0 Å². The molecule has 3 aliphatic rings. The van der Waals surface area contributed by atoms with Gasteiger partial charge in [-0.05, 0) is 54.9 Å². The Kier molecular flexibility index (Phi) is 7.61. The van der Waals surface area contributed by atoms with Crippen LogP contribution in [-0.4, -0.2) is 5.71 Å². The first-order valence-corrected chi connectivity index (χ1v) is 12.3. The van der Waals surface area contributed by atoms with Gasteiger partial charge >= 0.3 is 0 Å². The standard InChI is InChI=1S/C28H37NO/c1-2-3-4-5-6-7-11-16-23-19-20-26(30-21-22-14-9-8-10-15-22)28-27(23)24-17-12-13-18-25(24)29-28/h8-10,14-15,19-20,23H,2-7,11-13,16-18,21H2,1H3. The SMILES string of the molecule is CCCCCCCCCC1C=CC(OCc2ccccc2)=C2N=C3CCCCC3=C21. The summed E-state index contributed by atoms with van der Waals surface area (Å²) >= 11 is 0. The number of benzene rings is 1. The second-order valence-corrected chi connectivity index (χ2v) is 9.02. The molecule has 2 aliphatic carbocycles. The minimum Gasteiger partial charge on any atom is -0.487 e. The van der Waals surface area contributed by atoms with Gasteiger partial charge in [-0.2, -0.15) is 0 Å². The van der Waals surface area contributed by atoms with E-state index >= 15 is 0 Å². The van der Waals surface area contributed by atoms with E-state index in [4.69, 9.17) is 9.73 Å². The minimum atomic E-state index is 0.522. The van der Waals surface area contributed by atoms with Crippen molar-refractivity contribution in [3.05, 3.63) is 70.6 Å². The average molecular weight is 404 g/mol. The average Bonchev–Trinajstić information content (AvgIpc) is 3.18. The third kappa shape index (κ3) is 5.14. The Labute approximate surface area is 182 Å². The summed E-state index contributed by atoms with van der Waals surface area (Å²) < 4.78 is 6.27. The molecule has 1 heterocycles. The maximum atomic E-state index is 6.27. The van der Waals surface area contributed by atoms with E-state index in [1.807, 2.05) is 0 Å². The van der Waals surface area contributed by atoms with Gasteiger partial charge in [0.2, 0.25) is 0 Å². The Hall–Kier alpha value is -2.09. The van der Waals surface area contributed by atoms with Gasteiger partial charge in [0.25, 0.3) is 0 Å². The fraction of sp³-hybridized carbons (Fsp3) is 0.536. The van der Waals surface area contributed by atoms with E-state index in [9.17, 15) is 0 Å². The van der Waals surface area contributed by atoms with E-state index in [-0.39, 0.29) is 0 Å². The molecular formula is C28H37NO. The van der Waals surface area contributed by atoms with Gasteiger partial charge in [0, 0.05) is 11.6 Å². The summed E-state index contributed by atoms with van der Waals surface area (Å²) in [4.78, 5) is 5.10. The first-order valence-electron chi connectivity index (χ1n) is 12.3. The van der Waals surface area contributed by atoms with Crippen molar-refractivity contribution in [2.24, 2.45) is 10.9 Å². The molecule has 0 bridgehead atoms. The molecule has 1 atom stereocenters. The first kappa shape index (κ1) is 21.2. The predicted molar refractivity (Wildman–Crippen MR) is 126 cm³/mol. The number of rotatable bonds is 11. The second kappa shape index (κ2) is 10.8. The number of hydrogen-bond donors (Lipinski definition) is 0. The van der Waals surface area contributed by atoms with E-state index in [2.05, 4.69) is 49.4 Å². The smallest absolute Gasteiger partial charge is 0.145 e. The molecule has 0 radical (unpaired) electrons. The molecule has 1 fully saturated rings. The summed E-state index contributed by atoms with van der Waals surface area (Å²) in [6.07, 6.45) is 20.4. The maximum Gasteiger partial charge on any atom is 0.145 e. The van der Waals surface area contributed by atoms with Gasteiger partial charge in [-0.15, -0.1) is 0 Å². The van der Waals surface area contributed by atoms with E-state index in [1.54, 1.807) is 5.57 Å². The van der Waals surface area contributed by atoms with E-state index in [1.165, 1.54) is 87.5 Å². The Morgan fingerprint density at radius 2 is 1.70 bits per heavy atom. The molecule has 2 nitrogen and oxygen atoms in total. The lowest BCUT2D eigenvalue weighted by Gasteiger charge is -2.24. The zero-order valence-electron chi connectivity index (χ0n) is 18.7. The fourth-order valence-corrected chi connectivity index (χ4v) is 5.02. The largest absolute Gasteiger partial charge is 0.487 e. The number of ether oxygens (including phenoxy) is 1. The first-order chi connectivity index (χ1) is 14.9. The summed E-state index contributed by atoms with van der Waals surface area (Å²) in [5.41, 5.74) is 6.76. The van der Waals surface area contributed by atoms with Crippen molar-refractivity contribution in [1.82, 2.24) is 0 Å². The van der Waals surface area contributed by atoms with Crippen molar-refractivity contribution >= 4 is 5.71 Å². The van der Waals surface area contributed by atoms with Crippen LogP contribution in [0.3, 0.4) is 0 Å². The monoisotopic (exact) mass is 403 g/mol. The number of nitrogens with zero attached hydrogens (tertiary/aromatic N) is 1. The van der Waals surface area contributed by atoms with Crippen LogP contribution in [0.4, 0.5) is 0 Å². The molecule has 0 amide bonds. The highest BCUT2D eigenvalue weighted by Gasteiger charge is 2.33. The molecule has 1 saturated carbocycles. The third-order valence-electron chi connectivity index (χ3n) is 6.71. The molecular weight excluding hydrogens is 366 g/mol. The van der Waals surface area contributed by atoms with Crippen molar-refractivity contribution in [2.75, 3.05) is 0 Å². The Balaban J connectivity index is 1.42. The quantitative estimate of drug-likeness (QED) is 0.342. The highest BCUT2D eigenvalue weighted by atomic mass is 16.5. The highest BCUT2D eigenvalue weighted by Crippen LogP contribution is 2.44. The van der Waals surface area contributed by atoms with Gasteiger partial charge in [0.15, 0.2) is 0 Å². The summed E-state index contributed by atoms with van der Waals surface area (Å²) in [6.45, 7) is 2.90. The summed E-state index contributed by atoms with van der Waals surface area (Å²) in [5, 5.41) is 0. The van der Waals surface area contributed by atoms with Gasteiger partial charge < -0.3 is 4.74 Å². The van der Waals surface area contributed by atoms with Crippen molar-refractivity contribution in [3.8, 4) is 0 Å². The number of unbranched alkanes of at least 4 members (excludes halogenated alkanes) is 6. The van der Waals surface area contributed by atoms with Crippen LogP contribution in [-0.2, 0) is 11.3 Å². The van der Waals surface area contributed by atoms with Crippen LogP contribution in [0.1, 0.15) is 89.5 Å². The number of fused-ring (bicyclic) bond motifs is 2. The lowest BCUT2D eigenvalue weighted by molar-refractivity contribution is 0.206. The van der Waals surface area contributed by atoms with Crippen LogP contribution < -0.4 is 0 Å². The zero-order chi connectivity index (χ0) is 20.6. The zero-order valence-corrected chi connectivity index (χ0v) is 18.7. The van der Waals surface area contributed by atoms with Gasteiger partial charge in [-0.25, -0.2) is 4.99 Å². The number of aliphatic imine (C=N–C) groups is 1. The van der Waals surface area contributed by atoms with Gasteiger partial charge in [0.1, 0.15) is 18.1 Å². The summed E-state index contributed by atoms with van der Waals surface area (Å²) in [6, 6.07) is 10.4. The van der Waals surface area contributed by atoms with Crippen molar-refractivity contribution in [1.29, 1.82) is 0 Å². The van der Waals surface area contributed by atoms with Crippen molar-refractivity contribution in [3.63, 3.8) is 0 Å². The molecule has 1 unspecified atom stereocenters. The van der Waals surface area contributed by atoms with Crippen LogP contribution in [0, 0.1) is 5.92 Å². The lowest BCUT2D eigenvalue weighted by Crippen LogP contribution is -2.13. The van der Waals surface area contributed by atoms with Crippen LogP contribution in [0.15, 0.2) is 70.1 Å². The van der Waals surface area contributed by atoms with Crippen LogP contribution in [0.5, 0.6) is 0 Å². The number of allylic oxidation sites excluding steroid dienone is 4. The Morgan fingerprint density at radius 1 is 0.933 bits per heavy atom. The molecule has 160 valence electrons. The van der Waals surface area contributed by atoms with Crippen LogP contribution >= 0.6 is 0 Å². The normalized spacial score (nSPS) is 20.3. The summed E-state index contributed by atoms with van der Waals surface area (Å²) in [7, 11) is 0. The molecule has 0 spiro atoms. The van der Waals surface area contributed by atoms with Gasteiger partial charge in [-0.3, -0.25) is 0 Å². The highest BCUT2D eigenvalue weighted by molar-refractivity contribution is 6.05. The molecule has 2 heteroatoms. The second-order valence-electron chi connectivity index (χ2n) is 9.02. The Bertz CT molecular complexity index is 827. The van der Waals surface area contributed by atoms with Gasteiger partial charge in [0.05, 0.1) is 0 Å². The third-order valence-corrected chi connectivity index (χ3v) is 6.71. The maximum absolute atomic E-state index is 6.27. The molecule has 4 rings (SSSR count). The minimum absolute atomic E-state index is 0.522. The van der Waals surface area contributed by atoms with Crippen molar-refractivity contribution in [2.45, 2.75) is 90.6 Å². The fourth-order valence-electron chi connectivity index (χ4n) is 5.02. The van der Waals surface area contributed by atoms with Crippen LogP contribution in [0.25, 0.3) is 0 Å². The van der Waals surface area contributed by atoms with E-state index in [0.29, 0.717) is 12.5 Å². The molecule has 0 N–H and O–H groups in total. The molecule has 0 aromatic heterocycles. The molecule has 0 saturated heterocycles.